The van der Waals surface area contributed by atoms with Crippen molar-refractivity contribution in [2.24, 2.45) is 5.92 Å². The van der Waals surface area contributed by atoms with Crippen LogP contribution in [0.3, 0.4) is 0 Å². The Morgan fingerprint density at radius 2 is 2.24 bits per heavy atom. The van der Waals surface area contributed by atoms with Gasteiger partial charge in [0, 0.05) is 13.7 Å². The molecule has 1 unspecified atom stereocenters. The van der Waals surface area contributed by atoms with Gasteiger partial charge < -0.3 is 10.1 Å². The van der Waals surface area contributed by atoms with Crippen molar-refractivity contribution in [3.8, 4) is 0 Å². The normalized spacial score (nSPS) is 13.2. The molecule has 0 saturated carbocycles. The van der Waals surface area contributed by atoms with Gasteiger partial charge in [-0.2, -0.15) is 0 Å². The lowest BCUT2D eigenvalue weighted by molar-refractivity contribution is 0.0754. The van der Waals surface area contributed by atoms with Crippen LogP contribution >= 0.6 is 0 Å². The van der Waals surface area contributed by atoms with Gasteiger partial charge in [-0.15, -0.1) is 10.2 Å². The highest BCUT2D eigenvalue weighted by Gasteiger charge is 2.12. The number of pyridine rings is 1. The summed E-state index contributed by atoms with van der Waals surface area (Å²) in [6.45, 7) is 5.07. The molecule has 0 radical (unpaired) electrons. The van der Waals surface area contributed by atoms with Gasteiger partial charge >= 0.3 is 0 Å². The molecule has 0 spiro atoms. The maximum absolute atomic E-state index is 5.42. The summed E-state index contributed by atoms with van der Waals surface area (Å²) in [7, 11) is 1.74. The first-order valence-electron chi connectivity index (χ1n) is 5.78. The SMILES string of the molecule is COC(CNc1cccc2nncn12)C(C)C. The summed E-state index contributed by atoms with van der Waals surface area (Å²) < 4.78 is 7.35. The molecule has 2 heterocycles. The van der Waals surface area contributed by atoms with E-state index in [2.05, 4.69) is 29.4 Å². The summed E-state index contributed by atoms with van der Waals surface area (Å²) in [5.41, 5.74) is 0.841. The summed E-state index contributed by atoms with van der Waals surface area (Å²) in [6, 6.07) is 5.89. The van der Waals surface area contributed by atoms with E-state index >= 15 is 0 Å². The van der Waals surface area contributed by atoms with E-state index in [1.165, 1.54) is 0 Å². The van der Waals surface area contributed by atoms with Crippen molar-refractivity contribution in [3.63, 3.8) is 0 Å². The van der Waals surface area contributed by atoms with Crippen molar-refractivity contribution in [1.29, 1.82) is 0 Å². The average molecular weight is 234 g/mol. The molecule has 2 rings (SSSR count). The lowest BCUT2D eigenvalue weighted by Crippen LogP contribution is -2.27. The van der Waals surface area contributed by atoms with Crippen LogP contribution in [-0.4, -0.2) is 34.4 Å². The third-order valence-corrected chi connectivity index (χ3v) is 2.86. The molecule has 5 nitrogen and oxygen atoms in total. The zero-order valence-electron chi connectivity index (χ0n) is 10.4. The van der Waals surface area contributed by atoms with E-state index in [1.54, 1.807) is 13.4 Å². The molecule has 0 saturated heterocycles. The summed E-state index contributed by atoms with van der Waals surface area (Å²) in [5, 5.41) is 11.3. The van der Waals surface area contributed by atoms with E-state index in [0.717, 1.165) is 18.0 Å². The van der Waals surface area contributed by atoms with Crippen LogP contribution in [0.5, 0.6) is 0 Å². The second-order valence-corrected chi connectivity index (χ2v) is 4.37. The summed E-state index contributed by atoms with van der Waals surface area (Å²) >= 11 is 0. The van der Waals surface area contributed by atoms with Crippen LogP contribution in [0.25, 0.3) is 5.65 Å². The Hall–Kier alpha value is -1.62. The Morgan fingerprint density at radius 1 is 1.41 bits per heavy atom. The first kappa shape index (κ1) is 11.9. The predicted molar refractivity (Wildman–Crippen MR) is 67.1 cm³/mol. The molecule has 92 valence electrons. The summed E-state index contributed by atoms with van der Waals surface area (Å²) in [5.74, 6) is 1.46. The van der Waals surface area contributed by atoms with E-state index in [9.17, 15) is 0 Å². The largest absolute Gasteiger partial charge is 0.379 e. The van der Waals surface area contributed by atoms with Crippen molar-refractivity contribution in [3.05, 3.63) is 24.5 Å². The molecule has 0 bridgehead atoms. The number of anilines is 1. The lowest BCUT2D eigenvalue weighted by Gasteiger charge is -2.20. The van der Waals surface area contributed by atoms with E-state index < -0.39 is 0 Å². The summed E-state index contributed by atoms with van der Waals surface area (Å²) in [6.07, 6.45) is 1.90. The number of ether oxygens (including phenoxy) is 1. The minimum absolute atomic E-state index is 0.196. The van der Waals surface area contributed by atoms with Crippen LogP contribution in [0.4, 0.5) is 5.82 Å². The first-order valence-corrected chi connectivity index (χ1v) is 5.78. The van der Waals surface area contributed by atoms with Crippen molar-refractivity contribution in [1.82, 2.24) is 14.6 Å². The van der Waals surface area contributed by atoms with Crippen LogP contribution in [0.15, 0.2) is 24.5 Å². The predicted octanol–water partition coefficient (Wildman–Crippen LogP) is 1.81. The molecular formula is C12H18N4O. The second kappa shape index (κ2) is 5.14. The van der Waals surface area contributed by atoms with Crippen molar-refractivity contribution >= 4 is 11.5 Å². The zero-order chi connectivity index (χ0) is 12.3. The van der Waals surface area contributed by atoms with E-state index in [1.807, 2.05) is 22.6 Å². The molecule has 0 aliphatic carbocycles. The Morgan fingerprint density at radius 3 is 2.94 bits per heavy atom. The van der Waals surface area contributed by atoms with Gasteiger partial charge in [0.2, 0.25) is 0 Å². The smallest absolute Gasteiger partial charge is 0.162 e. The molecule has 2 aromatic heterocycles. The molecule has 0 amide bonds. The number of methoxy groups -OCH3 is 1. The number of hydrogen-bond acceptors (Lipinski definition) is 4. The van der Waals surface area contributed by atoms with Crippen molar-refractivity contribution < 1.29 is 4.74 Å². The van der Waals surface area contributed by atoms with Gasteiger partial charge in [-0.05, 0) is 18.1 Å². The number of rotatable bonds is 5. The standard InChI is InChI=1S/C12H18N4O/c1-9(2)10(17-3)7-13-11-5-4-6-12-15-14-8-16(11)12/h4-6,8-10,13H,7H2,1-3H3. The number of nitrogens with zero attached hydrogens (tertiary/aromatic N) is 3. The highest BCUT2D eigenvalue weighted by molar-refractivity contribution is 5.48. The minimum atomic E-state index is 0.196. The Balaban J connectivity index is 2.10. The van der Waals surface area contributed by atoms with Gasteiger partial charge in [-0.25, -0.2) is 0 Å². The van der Waals surface area contributed by atoms with Crippen molar-refractivity contribution in [2.45, 2.75) is 20.0 Å². The highest BCUT2D eigenvalue weighted by atomic mass is 16.5. The fraction of sp³-hybridized carbons (Fsp3) is 0.500. The first-order chi connectivity index (χ1) is 8.22. The maximum atomic E-state index is 5.42. The monoisotopic (exact) mass is 234 g/mol. The van der Waals surface area contributed by atoms with Crippen LogP contribution < -0.4 is 5.32 Å². The van der Waals surface area contributed by atoms with Gasteiger partial charge in [-0.1, -0.05) is 19.9 Å². The molecule has 1 N–H and O–H groups in total. The molecule has 5 heteroatoms. The van der Waals surface area contributed by atoms with E-state index in [-0.39, 0.29) is 6.10 Å². The Bertz CT molecular complexity index is 480. The third-order valence-electron chi connectivity index (χ3n) is 2.86. The van der Waals surface area contributed by atoms with Crippen LogP contribution in [-0.2, 0) is 4.74 Å². The molecular weight excluding hydrogens is 216 g/mol. The number of hydrogen-bond donors (Lipinski definition) is 1. The van der Waals surface area contributed by atoms with Crippen LogP contribution in [0.2, 0.25) is 0 Å². The lowest BCUT2D eigenvalue weighted by atomic mass is 10.1. The Labute approximate surface area is 101 Å². The Kier molecular flexibility index (Phi) is 3.58. The quantitative estimate of drug-likeness (QED) is 0.857. The van der Waals surface area contributed by atoms with Gasteiger partial charge in [0.1, 0.15) is 12.1 Å². The van der Waals surface area contributed by atoms with Gasteiger partial charge in [0.05, 0.1) is 6.10 Å². The summed E-state index contributed by atoms with van der Waals surface area (Å²) in [4.78, 5) is 0. The van der Waals surface area contributed by atoms with Gasteiger partial charge in [0.15, 0.2) is 5.65 Å². The van der Waals surface area contributed by atoms with Crippen molar-refractivity contribution in [2.75, 3.05) is 19.0 Å². The van der Waals surface area contributed by atoms with E-state index in [4.69, 9.17) is 4.74 Å². The zero-order valence-corrected chi connectivity index (χ0v) is 10.4. The fourth-order valence-corrected chi connectivity index (χ4v) is 1.79. The average Bonchev–Trinajstić information content (AvgIpc) is 2.78. The van der Waals surface area contributed by atoms with Crippen LogP contribution in [0, 0.1) is 5.92 Å². The molecule has 0 aliphatic heterocycles. The molecule has 0 aliphatic rings. The fourth-order valence-electron chi connectivity index (χ4n) is 1.79. The van der Waals surface area contributed by atoms with Gasteiger partial charge in [-0.3, -0.25) is 4.40 Å². The molecule has 0 aromatic carbocycles. The topological polar surface area (TPSA) is 51.5 Å². The van der Waals surface area contributed by atoms with Gasteiger partial charge in [0.25, 0.3) is 0 Å². The second-order valence-electron chi connectivity index (χ2n) is 4.37. The molecule has 1 atom stereocenters. The minimum Gasteiger partial charge on any atom is -0.379 e. The number of nitrogens with one attached hydrogen (secondary N) is 1. The number of aromatic nitrogens is 3. The van der Waals surface area contributed by atoms with E-state index in [0.29, 0.717) is 5.92 Å². The molecule has 2 aromatic rings. The van der Waals surface area contributed by atoms with Crippen LogP contribution in [0.1, 0.15) is 13.8 Å². The molecule has 0 fully saturated rings. The maximum Gasteiger partial charge on any atom is 0.162 e. The highest BCUT2D eigenvalue weighted by Crippen LogP contribution is 2.12. The molecule has 17 heavy (non-hydrogen) atoms. The number of fused-ring (bicyclic) bond motifs is 1. The third kappa shape index (κ3) is 2.55.